The number of carbonyl (C=O) groups is 2. The summed E-state index contributed by atoms with van der Waals surface area (Å²) in [6.07, 6.45) is 6.01. The summed E-state index contributed by atoms with van der Waals surface area (Å²) >= 11 is 14.4. The molecule has 1 saturated carbocycles. The van der Waals surface area contributed by atoms with Crippen LogP contribution in [-0.4, -0.2) is 34.6 Å². The highest BCUT2D eigenvalue weighted by atomic mass is 35.5. The van der Waals surface area contributed by atoms with Crippen molar-refractivity contribution in [3.8, 4) is 0 Å². The van der Waals surface area contributed by atoms with E-state index in [1.54, 1.807) is 34.9 Å². The zero-order valence-corrected chi connectivity index (χ0v) is 22.3. The molecule has 0 bridgehead atoms. The Morgan fingerprint density at radius 1 is 1.06 bits per heavy atom. The molecule has 0 spiro atoms. The van der Waals surface area contributed by atoms with Crippen LogP contribution in [0.5, 0.6) is 0 Å². The van der Waals surface area contributed by atoms with Crippen LogP contribution in [0.15, 0.2) is 42.5 Å². The van der Waals surface area contributed by atoms with Crippen LogP contribution in [0.1, 0.15) is 62.1 Å². The molecule has 7 heteroatoms. The summed E-state index contributed by atoms with van der Waals surface area (Å²) in [5.74, 6) is 0.842. The van der Waals surface area contributed by atoms with E-state index in [0.29, 0.717) is 22.0 Å². The molecule has 0 saturated heterocycles. The zero-order chi connectivity index (χ0) is 24.5. The molecule has 0 radical (unpaired) electrons. The highest BCUT2D eigenvalue weighted by molar-refractivity contribution is 7.99. The molecule has 2 aromatic rings. The van der Waals surface area contributed by atoms with Crippen molar-refractivity contribution >= 4 is 46.8 Å². The fraction of sp³-hybridized carbons (Fsp3) is 0.481. The highest BCUT2D eigenvalue weighted by Crippen LogP contribution is 2.28. The topological polar surface area (TPSA) is 49.4 Å². The van der Waals surface area contributed by atoms with Gasteiger partial charge >= 0.3 is 0 Å². The lowest BCUT2D eigenvalue weighted by atomic mass is 9.95. The molecular weight excluding hydrogens is 487 g/mol. The number of nitrogens with one attached hydrogen (secondary N) is 1. The quantitative estimate of drug-likeness (QED) is 0.375. The number of aryl methyl sites for hydroxylation is 1. The smallest absolute Gasteiger partial charge is 0.243 e. The summed E-state index contributed by atoms with van der Waals surface area (Å²) in [5.41, 5.74) is 3.06. The molecule has 1 aliphatic rings. The summed E-state index contributed by atoms with van der Waals surface area (Å²) < 4.78 is 0. The molecule has 1 N–H and O–H groups in total. The van der Waals surface area contributed by atoms with Gasteiger partial charge in [-0.1, -0.05) is 85.3 Å². The van der Waals surface area contributed by atoms with E-state index in [1.165, 1.54) is 17.5 Å². The van der Waals surface area contributed by atoms with Crippen LogP contribution in [0.4, 0.5) is 0 Å². The Morgan fingerprint density at radius 3 is 2.32 bits per heavy atom. The minimum atomic E-state index is -0.568. The van der Waals surface area contributed by atoms with Gasteiger partial charge in [-0.05, 0) is 43.9 Å². The van der Waals surface area contributed by atoms with Gasteiger partial charge in [0.05, 0.1) is 5.75 Å². The van der Waals surface area contributed by atoms with Crippen molar-refractivity contribution in [2.75, 3.05) is 5.75 Å². The maximum absolute atomic E-state index is 13.5. The lowest BCUT2D eigenvalue weighted by Crippen LogP contribution is -2.52. The summed E-state index contributed by atoms with van der Waals surface area (Å²) in [4.78, 5) is 28.4. The van der Waals surface area contributed by atoms with Crippen molar-refractivity contribution in [2.24, 2.45) is 0 Å². The Labute approximate surface area is 217 Å². The minimum absolute atomic E-state index is 0.0845. The number of amides is 2. The van der Waals surface area contributed by atoms with Gasteiger partial charge in [-0.25, -0.2) is 0 Å². The minimum Gasteiger partial charge on any atom is -0.352 e. The number of halogens is 2. The van der Waals surface area contributed by atoms with Crippen molar-refractivity contribution in [3.63, 3.8) is 0 Å². The molecule has 34 heavy (non-hydrogen) atoms. The molecule has 2 aromatic carbocycles. The number of rotatable bonds is 10. The Balaban J connectivity index is 1.74. The molecule has 4 nitrogen and oxygen atoms in total. The third-order valence-corrected chi connectivity index (χ3v) is 8.04. The monoisotopic (exact) mass is 520 g/mol. The third-order valence-electron chi connectivity index (χ3n) is 6.34. The predicted octanol–water partition coefficient (Wildman–Crippen LogP) is 6.79. The second-order valence-corrected chi connectivity index (χ2v) is 10.8. The van der Waals surface area contributed by atoms with Crippen molar-refractivity contribution in [3.05, 3.63) is 69.2 Å². The van der Waals surface area contributed by atoms with E-state index in [4.69, 9.17) is 23.2 Å². The normalized spacial score (nSPS) is 15.1. The first kappa shape index (κ1) is 26.9. The van der Waals surface area contributed by atoms with E-state index in [9.17, 15) is 9.59 Å². The van der Waals surface area contributed by atoms with Gasteiger partial charge in [0.15, 0.2) is 0 Å². The Bertz CT molecular complexity index is 941. The van der Waals surface area contributed by atoms with Gasteiger partial charge in [0.1, 0.15) is 6.04 Å². The van der Waals surface area contributed by atoms with E-state index < -0.39 is 6.04 Å². The van der Waals surface area contributed by atoms with E-state index in [-0.39, 0.29) is 30.2 Å². The van der Waals surface area contributed by atoms with Crippen molar-refractivity contribution in [1.82, 2.24) is 10.2 Å². The molecule has 1 unspecified atom stereocenters. The van der Waals surface area contributed by atoms with Crippen LogP contribution < -0.4 is 5.32 Å². The standard InChI is InChI=1S/C27H34Cl2N2O2S/c1-3-25(27(33)30-21-8-5-4-6-9-21)31(16-22-23(28)10-7-11-24(22)29)26(32)18-34-17-20-14-12-19(2)13-15-20/h7,10-15,21,25H,3-6,8-9,16-18H2,1-2H3,(H,30,33). The summed E-state index contributed by atoms with van der Waals surface area (Å²) in [7, 11) is 0. The molecule has 1 atom stereocenters. The van der Waals surface area contributed by atoms with Crippen molar-refractivity contribution < 1.29 is 9.59 Å². The molecular formula is C27H34Cl2N2O2S. The maximum atomic E-state index is 13.5. The molecule has 0 aliphatic heterocycles. The number of hydrogen-bond donors (Lipinski definition) is 1. The molecule has 1 fully saturated rings. The first-order valence-electron chi connectivity index (χ1n) is 12.0. The SMILES string of the molecule is CCC(C(=O)NC1CCCCC1)N(Cc1c(Cl)cccc1Cl)C(=O)CSCc1ccc(C)cc1. The average molecular weight is 522 g/mol. The molecule has 184 valence electrons. The second kappa shape index (κ2) is 13.4. The zero-order valence-electron chi connectivity index (χ0n) is 20.0. The molecule has 2 amide bonds. The molecule has 1 aliphatic carbocycles. The lowest BCUT2D eigenvalue weighted by molar-refractivity contribution is -0.139. The number of hydrogen-bond acceptors (Lipinski definition) is 3. The van der Waals surface area contributed by atoms with Crippen molar-refractivity contribution in [2.45, 2.75) is 76.8 Å². The predicted molar refractivity (Wildman–Crippen MR) is 143 cm³/mol. The fourth-order valence-electron chi connectivity index (χ4n) is 4.34. The van der Waals surface area contributed by atoms with Crippen LogP contribution in [0.3, 0.4) is 0 Å². The van der Waals surface area contributed by atoms with E-state index in [0.717, 1.165) is 31.4 Å². The molecule has 0 heterocycles. The summed E-state index contributed by atoms with van der Waals surface area (Å²) in [6.45, 7) is 4.21. The van der Waals surface area contributed by atoms with E-state index in [1.807, 2.05) is 6.92 Å². The third kappa shape index (κ3) is 7.66. The largest absolute Gasteiger partial charge is 0.352 e. The Morgan fingerprint density at radius 2 is 1.71 bits per heavy atom. The van der Waals surface area contributed by atoms with Gasteiger partial charge in [-0.3, -0.25) is 9.59 Å². The summed E-state index contributed by atoms with van der Waals surface area (Å²) in [5, 5.41) is 4.20. The maximum Gasteiger partial charge on any atom is 0.243 e. The van der Waals surface area contributed by atoms with E-state index >= 15 is 0 Å². The summed E-state index contributed by atoms with van der Waals surface area (Å²) in [6, 6.07) is 13.2. The van der Waals surface area contributed by atoms with Gasteiger partial charge in [-0.15, -0.1) is 11.8 Å². The molecule has 3 rings (SSSR count). The number of thioether (sulfide) groups is 1. The van der Waals surface area contributed by atoms with E-state index in [2.05, 4.69) is 36.5 Å². The number of carbonyl (C=O) groups excluding carboxylic acids is 2. The first-order valence-corrected chi connectivity index (χ1v) is 14.0. The number of nitrogens with zero attached hydrogens (tertiary/aromatic N) is 1. The van der Waals surface area contributed by atoms with Crippen LogP contribution in [0.2, 0.25) is 10.0 Å². The lowest BCUT2D eigenvalue weighted by Gasteiger charge is -2.33. The van der Waals surface area contributed by atoms with Crippen LogP contribution in [0.25, 0.3) is 0 Å². The van der Waals surface area contributed by atoms with Crippen LogP contribution in [-0.2, 0) is 21.9 Å². The van der Waals surface area contributed by atoms with Gasteiger partial charge < -0.3 is 10.2 Å². The Hall–Kier alpha value is -1.69. The van der Waals surface area contributed by atoms with Crippen LogP contribution >= 0.6 is 35.0 Å². The van der Waals surface area contributed by atoms with Gasteiger partial charge in [0, 0.05) is 33.9 Å². The van der Waals surface area contributed by atoms with Crippen molar-refractivity contribution in [1.29, 1.82) is 0 Å². The Kier molecular flexibility index (Phi) is 10.6. The van der Waals surface area contributed by atoms with Gasteiger partial charge in [0.25, 0.3) is 0 Å². The fourth-order valence-corrected chi connectivity index (χ4v) is 5.73. The average Bonchev–Trinajstić information content (AvgIpc) is 2.82. The van der Waals surface area contributed by atoms with Crippen LogP contribution in [0, 0.1) is 6.92 Å². The van der Waals surface area contributed by atoms with Gasteiger partial charge in [0.2, 0.25) is 11.8 Å². The molecule has 0 aromatic heterocycles. The number of benzene rings is 2. The highest BCUT2D eigenvalue weighted by Gasteiger charge is 2.31. The second-order valence-electron chi connectivity index (χ2n) is 8.97. The first-order chi connectivity index (χ1) is 16.4. The van der Waals surface area contributed by atoms with Gasteiger partial charge in [-0.2, -0.15) is 0 Å².